The molecule has 0 saturated heterocycles. The number of amides is 1. The van der Waals surface area contributed by atoms with Gasteiger partial charge in [-0.15, -0.1) is 0 Å². The van der Waals surface area contributed by atoms with Gasteiger partial charge >= 0.3 is 0 Å². The monoisotopic (exact) mass is 504 g/mol. The number of allylic oxidation sites excluding steroid dienone is 1. The minimum atomic E-state index is -0.355. The Morgan fingerprint density at radius 2 is 1.51 bits per heavy atom. The van der Waals surface area contributed by atoms with Crippen molar-refractivity contribution in [2.75, 3.05) is 5.01 Å². The van der Waals surface area contributed by atoms with Crippen molar-refractivity contribution in [1.82, 2.24) is 5.43 Å². The van der Waals surface area contributed by atoms with Crippen LogP contribution in [0, 0.1) is 0 Å². The lowest BCUT2D eigenvalue weighted by molar-refractivity contribution is 0.0955. The van der Waals surface area contributed by atoms with Crippen molar-refractivity contribution >= 4 is 41.2 Å². The van der Waals surface area contributed by atoms with Crippen LogP contribution in [0.4, 0.5) is 5.69 Å². The fourth-order valence-electron chi connectivity index (χ4n) is 4.15. The van der Waals surface area contributed by atoms with E-state index in [1.165, 1.54) is 5.56 Å². The maximum atomic E-state index is 12.3. The molecule has 0 fully saturated rings. The number of rotatable bonds is 7. The Bertz CT molecular complexity index is 1450. The van der Waals surface area contributed by atoms with E-state index in [1.807, 2.05) is 48.5 Å². The topological polar surface area (TPSA) is 57.1 Å². The maximum absolute atomic E-state index is 12.3. The molecular weight excluding hydrogens is 480 g/mol. The van der Waals surface area contributed by atoms with Crippen LogP contribution in [0.15, 0.2) is 125 Å². The summed E-state index contributed by atoms with van der Waals surface area (Å²) in [7, 11) is 0. The van der Waals surface area contributed by atoms with Crippen molar-refractivity contribution in [3.05, 3.63) is 143 Å². The Hall–Kier alpha value is -4.48. The van der Waals surface area contributed by atoms with E-state index in [1.54, 1.807) is 30.5 Å². The van der Waals surface area contributed by atoms with Crippen LogP contribution in [-0.2, 0) is 0 Å². The number of nitrogens with zero attached hydrogens (tertiary/aromatic N) is 3. The van der Waals surface area contributed by atoms with Crippen molar-refractivity contribution in [3.8, 4) is 0 Å². The Labute approximate surface area is 221 Å². The summed E-state index contributed by atoms with van der Waals surface area (Å²) in [6.45, 7) is 0. The molecule has 0 spiro atoms. The number of benzene rings is 4. The minimum Gasteiger partial charge on any atom is -0.267 e. The summed E-state index contributed by atoms with van der Waals surface area (Å²) in [5, 5.41) is 11.5. The Morgan fingerprint density at radius 3 is 2.24 bits per heavy atom. The Kier molecular flexibility index (Phi) is 7.53. The van der Waals surface area contributed by atoms with Crippen molar-refractivity contribution in [1.29, 1.82) is 0 Å². The number of hydrogen-bond donors (Lipinski definition) is 1. The van der Waals surface area contributed by atoms with Gasteiger partial charge in [-0.2, -0.15) is 10.2 Å². The van der Waals surface area contributed by atoms with Crippen LogP contribution in [-0.4, -0.2) is 17.8 Å². The Balaban J connectivity index is 1.32. The van der Waals surface area contributed by atoms with Gasteiger partial charge in [-0.25, -0.2) is 5.43 Å². The highest BCUT2D eigenvalue weighted by atomic mass is 35.5. The summed E-state index contributed by atoms with van der Waals surface area (Å²) in [6.07, 6.45) is 6.61. The third-order valence-corrected chi connectivity index (χ3v) is 6.37. The molecule has 1 aliphatic heterocycles. The molecule has 1 aliphatic rings. The molecule has 1 N–H and O–H groups in total. The van der Waals surface area contributed by atoms with Crippen LogP contribution in [0.5, 0.6) is 0 Å². The van der Waals surface area contributed by atoms with Crippen molar-refractivity contribution < 1.29 is 4.79 Å². The van der Waals surface area contributed by atoms with Gasteiger partial charge in [0.15, 0.2) is 0 Å². The fourth-order valence-corrected chi connectivity index (χ4v) is 4.37. The zero-order valence-electron chi connectivity index (χ0n) is 20.0. The molecule has 0 aromatic heterocycles. The van der Waals surface area contributed by atoms with E-state index < -0.39 is 0 Å². The molecule has 37 heavy (non-hydrogen) atoms. The van der Waals surface area contributed by atoms with Crippen LogP contribution >= 0.6 is 11.6 Å². The third kappa shape index (κ3) is 6.02. The number of nitrogens with one attached hydrogen (secondary N) is 1. The van der Waals surface area contributed by atoms with Gasteiger partial charge < -0.3 is 0 Å². The molecule has 5 nitrogen and oxygen atoms in total. The lowest BCUT2D eigenvalue weighted by Crippen LogP contribution is -2.18. The summed E-state index contributed by atoms with van der Waals surface area (Å²) in [5.41, 5.74) is 8.12. The van der Waals surface area contributed by atoms with Crippen molar-refractivity contribution in [2.24, 2.45) is 10.2 Å². The molecule has 0 radical (unpaired) electrons. The second kappa shape index (κ2) is 11.5. The largest absolute Gasteiger partial charge is 0.272 e. The lowest BCUT2D eigenvalue weighted by Gasteiger charge is -2.24. The summed E-state index contributed by atoms with van der Waals surface area (Å²) in [6, 6.07) is 35.6. The predicted octanol–water partition coefficient (Wildman–Crippen LogP) is 7.12. The minimum absolute atomic E-state index is 0.103. The first-order chi connectivity index (χ1) is 18.2. The van der Waals surface area contributed by atoms with Gasteiger partial charge in [0, 0.05) is 6.42 Å². The van der Waals surface area contributed by atoms with E-state index in [4.69, 9.17) is 16.7 Å². The maximum Gasteiger partial charge on any atom is 0.272 e. The van der Waals surface area contributed by atoms with E-state index in [0.717, 1.165) is 28.9 Å². The summed E-state index contributed by atoms with van der Waals surface area (Å²) in [4.78, 5) is 12.3. The van der Waals surface area contributed by atoms with Crippen molar-refractivity contribution in [2.45, 2.75) is 12.5 Å². The number of hydrogen-bond acceptors (Lipinski definition) is 4. The first kappa shape index (κ1) is 24.2. The van der Waals surface area contributed by atoms with E-state index >= 15 is 0 Å². The van der Waals surface area contributed by atoms with Gasteiger partial charge in [-0.05, 0) is 47.0 Å². The number of anilines is 1. The summed E-state index contributed by atoms with van der Waals surface area (Å²) >= 11 is 6.08. The first-order valence-electron chi connectivity index (χ1n) is 12.0. The molecule has 4 aromatic carbocycles. The van der Waals surface area contributed by atoms with Gasteiger partial charge in [0.25, 0.3) is 5.91 Å². The highest BCUT2D eigenvalue weighted by molar-refractivity contribution is 6.33. The second-order valence-electron chi connectivity index (χ2n) is 8.58. The van der Waals surface area contributed by atoms with Crippen LogP contribution < -0.4 is 10.4 Å². The first-order valence-corrected chi connectivity index (χ1v) is 12.4. The fraction of sp³-hybridized carbons (Fsp3) is 0.0645. The molecule has 5 rings (SSSR count). The molecule has 6 heteroatoms. The average Bonchev–Trinajstić information content (AvgIpc) is 3.38. The second-order valence-corrected chi connectivity index (χ2v) is 8.99. The standard InChI is InChI=1S/C31H25ClN4O/c32-29-14-8-7-13-28(29)31(37)34-33-22-24-16-19-27(20-17-24)36-30(25-11-5-2-6-12-25)21-26(35-36)18-15-23-9-3-1-4-10-23/h1-20,22,30H,21H2,(H,34,37). The van der Waals surface area contributed by atoms with E-state index in [-0.39, 0.29) is 11.9 Å². The van der Waals surface area contributed by atoms with E-state index in [2.05, 4.69) is 64.1 Å². The Morgan fingerprint density at radius 1 is 0.838 bits per heavy atom. The molecule has 1 amide bonds. The molecule has 1 unspecified atom stereocenters. The van der Waals surface area contributed by atoms with Crippen LogP contribution in [0.25, 0.3) is 6.08 Å². The zero-order valence-corrected chi connectivity index (χ0v) is 20.8. The summed E-state index contributed by atoms with van der Waals surface area (Å²) in [5.74, 6) is -0.355. The number of halogens is 1. The quantitative estimate of drug-likeness (QED) is 0.215. The smallest absolute Gasteiger partial charge is 0.267 e. The lowest BCUT2D eigenvalue weighted by atomic mass is 10.0. The van der Waals surface area contributed by atoms with E-state index in [0.29, 0.717) is 10.6 Å². The SMILES string of the molecule is O=C(NN=Cc1ccc(N2N=C(C=Cc3ccccc3)CC2c2ccccc2)cc1)c1ccccc1Cl. The molecule has 1 heterocycles. The predicted molar refractivity (Wildman–Crippen MR) is 152 cm³/mol. The third-order valence-electron chi connectivity index (χ3n) is 6.04. The molecule has 0 bridgehead atoms. The molecular formula is C31H25ClN4O. The zero-order chi connectivity index (χ0) is 25.5. The van der Waals surface area contributed by atoms with E-state index in [9.17, 15) is 4.79 Å². The van der Waals surface area contributed by atoms with Crippen LogP contribution in [0.2, 0.25) is 5.02 Å². The van der Waals surface area contributed by atoms with Gasteiger partial charge in [0.2, 0.25) is 0 Å². The van der Waals surface area contributed by atoms with Crippen LogP contribution in [0.1, 0.15) is 39.5 Å². The number of hydrazone groups is 2. The normalized spacial score (nSPS) is 15.3. The highest BCUT2D eigenvalue weighted by Gasteiger charge is 2.28. The highest BCUT2D eigenvalue weighted by Crippen LogP contribution is 2.35. The van der Waals surface area contributed by atoms with Crippen LogP contribution in [0.3, 0.4) is 0 Å². The summed E-state index contributed by atoms with van der Waals surface area (Å²) < 4.78 is 0. The number of carbonyl (C=O) groups excluding carboxylic acids is 1. The molecule has 0 saturated carbocycles. The number of carbonyl (C=O) groups is 1. The van der Waals surface area contributed by atoms with Gasteiger partial charge in [0.05, 0.1) is 34.2 Å². The molecule has 1 atom stereocenters. The van der Waals surface area contributed by atoms with Gasteiger partial charge in [-0.1, -0.05) is 103 Å². The van der Waals surface area contributed by atoms with Gasteiger partial charge in [0.1, 0.15) is 0 Å². The van der Waals surface area contributed by atoms with Gasteiger partial charge in [-0.3, -0.25) is 9.80 Å². The molecule has 0 aliphatic carbocycles. The van der Waals surface area contributed by atoms with Crippen molar-refractivity contribution in [3.63, 3.8) is 0 Å². The molecule has 182 valence electrons. The molecule has 4 aromatic rings. The average molecular weight is 505 g/mol.